The second-order valence-electron chi connectivity index (χ2n) is 3.98. The fourth-order valence-electron chi connectivity index (χ4n) is 1.58. The zero-order valence-electron chi connectivity index (χ0n) is 11.9. The standard InChI is InChI=1S/C12H26FN.C2H6/c1-3-5-6-7-8-9-10-11-12-14(13)4-2;1-2/h3-12H2,1-2H3;1-2H3. The van der Waals surface area contributed by atoms with Gasteiger partial charge in [0.1, 0.15) is 0 Å². The summed E-state index contributed by atoms with van der Waals surface area (Å²) < 4.78 is 12.6. The van der Waals surface area contributed by atoms with E-state index in [1.165, 1.54) is 44.9 Å². The lowest BCUT2D eigenvalue weighted by Gasteiger charge is -2.07. The molecule has 0 bridgehead atoms. The highest BCUT2D eigenvalue weighted by Crippen LogP contribution is 2.08. The molecular weight excluding hydrogens is 201 g/mol. The molecule has 0 saturated heterocycles. The van der Waals surface area contributed by atoms with Gasteiger partial charge in [-0.15, -0.1) is 9.60 Å². The van der Waals surface area contributed by atoms with Crippen molar-refractivity contribution in [2.45, 2.75) is 79.1 Å². The van der Waals surface area contributed by atoms with E-state index < -0.39 is 0 Å². The molecule has 0 radical (unpaired) electrons. The number of rotatable bonds is 10. The third kappa shape index (κ3) is 16.3. The molecule has 0 N–H and O–H groups in total. The van der Waals surface area contributed by atoms with Gasteiger partial charge in [0.05, 0.1) is 0 Å². The van der Waals surface area contributed by atoms with Gasteiger partial charge in [-0.1, -0.05) is 65.7 Å². The van der Waals surface area contributed by atoms with Gasteiger partial charge >= 0.3 is 0 Å². The summed E-state index contributed by atoms with van der Waals surface area (Å²) in [6.45, 7) is 9.23. The third-order valence-electron chi connectivity index (χ3n) is 2.60. The van der Waals surface area contributed by atoms with Gasteiger partial charge in [-0.2, -0.15) is 0 Å². The van der Waals surface area contributed by atoms with Crippen molar-refractivity contribution in [3.05, 3.63) is 0 Å². The van der Waals surface area contributed by atoms with Crippen LogP contribution >= 0.6 is 0 Å². The Morgan fingerprint density at radius 1 is 0.750 bits per heavy atom. The Bertz CT molecular complexity index is 107. The quantitative estimate of drug-likeness (QED) is 0.363. The number of unbranched alkanes of at least 4 members (excludes halogenated alkanes) is 7. The van der Waals surface area contributed by atoms with Crippen LogP contribution in [0.5, 0.6) is 0 Å². The summed E-state index contributed by atoms with van der Waals surface area (Å²) in [6.07, 6.45) is 10.2. The van der Waals surface area contributed by atoms with Crippen LogP contribution in [0.3, 0.4) is 0 Å². The van der Waals surface area contributed by atoms with Gasteiger partial charge in [0.15, 0.2) is 0 Å². The van der Waals surface area contributed by atoms with E-state index in [4.69, 9.17) is 0 Å². The number of hydrogen-bond acceptors (Lipinski definition) is 1. The minimum absolute atomic E-state index is 0.524. The molecule has 0 aromatic heterocycles. The predicted molar refractivity (Wildman–Crippen MR) is 72.3 cm³/mol. The lowest BCUT2D eigenvalue weighted by molar-refractivity contribution is 0.0301. The van der Waals surface area contributed by atoms with E-state index in [1.54, 1.807) is 0 Å². The van der Waals surface area contributed by atoms with E-state index in [0.717, 1.165) is 11.5 Å². The monoisotopic (exact) mass is 233 g/mol. The summed E-state index contributed by atoms with van der Waals surface area (Å²) in [5.74, 6) is 0. The SMILES string of the molecule is CC.CCCCCCCCCCN(F)CC. The number of hydrogen-bond donors (Lipinski definition) is 0. The maximum atomic E-state index is 12.6. The van der Waals surface area contributed by atoms with Crippen molar-refractivity contribution < 1.29 is 4.48 Å². The number of nitrogens with zero attached hydrogens (tertiary/aromatic N) is 1. The Morgan fingerprint density at radius 2 is 1.19 bits per heavy atom. The Balaban J connectivity index is 0. The van der Waals surface area contributed by atoms with Gasteiger partial charge < -0.3 is 0 Å². The predicted octanol–water partition coefficient (Wildman–Crippen LogP) is 5.36. The summed E-state index contributed by atoms with van der Waals surface area (Å²) in [5.41, 5.74) is 0. The van der Waals surface area contributed by atoms with Gasteiger partial charge in [0, 0.05) is 13.1 Å². The highest BCUT2D eigenvalue weighted by molar-refractivity contribution is 4.48. The first kappa shape index (κ1) is 18.3. The summed E-state index contributed by atoms with van der Waals surface area (Å²) >= 11 is 0. The highest BCUT2D eigenvalue weighted by Gasteiger charge is 1.97. The van der Waals surface area contributed by atoms with Crippen molar-refractivity contribution in [1.29, 1.82) is 0 Å². The molecule has 0 unspecified atom stereocenters. The van der Waals surface area contributed by atoms with Gasteiger partial charge in [-0.25, -0.2) is 0 Å². The van der Waals surface area contributed by atoms with Crippen LogP contribution in [-0.4, -0.2) is 18.2 Å². The first-order chi connectivity index (χ1) is 7.81. The van der Waals surface area contributed by atoms with Crippen molar-refractivity contribution >= 4 is 0 Å². The molecule has 2 heteroatoms. The van der Waals surface area contributed by atoms with Crippen molar-refractivity contribution in [3.63, 3.8) is 0 Å². The average molecular weight is 233 g/mol. The van der Waals surface area contributed by atoms with Crippen LogP contribution in [0.15, 0.2) is 0 Å². The molecule has 1 nitrogen and oxygen atoms in total. The van der Waals surface area contributed by atoms with Crippen molar-refractivity contribution in [2.75, 3.05) is 13.1 Å². The van der Waals surface area contributed by atoms with Crippen molar-refractivity contribution in [2.24, 2.45) is 0 Å². The molecule has 0 aliphatic carbocycles. The minimum Gasteiger partial charge on any atom is -0.147 e. The van der Waals surface area contributed by atoms with Crippen LogP contribution in [0, 0.1) is 0 Å². The van der Waals surface area contributed by atoms with Crippen molar-refractivity contribution in [1.82, 2.24) is 5.12 Å². The Kier molecular flexibility index (Phi) is 19.7. The fourth-order valence-corrected chi connectivity index (χ4v) is 1.58. The van der Waals surface area contributed by atoms with Crippen LogP contribution in [0.4, 0.5) is 4.48 Å². The first-order valence-electron chi connectivity index (χ1n) is 7.22. The Labute approximate surface area is 102 Å². The molecule has 0 aliphatic heterocycles. The molecule has 0 atom stereocenters. The van der Waals surface area contributed by atoms with E-state index in [2.05, 4.69) is 6.92 Å². The molecule has 0 fully saturated rings. The second-order valence-corrected chi connectivity index (χ2v) is 3.98. The largest absolute Gasteiger partial charge is 0.147 e. The van der Waals surface area contributed by atoms with E-state index in [-0.39, 0.29) is 0 Å². The first-order valence-corrected chi connectivity index (χ1v) is 7.22. The molecule has 0 amide bonds. The summed E-state index contributed by atoms with van der Waals surface area (Å²) in [5, 5.41) is 0.900. The maximum absolute atomic E-state index is 12.6. The minimum atomic E-state index is 0.524. The van der Waals surface area contributed by atoms with Gasteiger partial charge in [0.2, 0.25) is 0 Å². The van der Waals surface area contributed by atoms with Crippen LogP contribution in [0.25, 0.3) is 0 Å². The summed E-state index contributed by atoms with van der Waals surface area (Å²) in [6, 6.07) is 0. The van der Waals surface area contributed by atoms with Gasteiger partial charge in [0.25, 0.3) is 0 Å². The zero-order chi connectivity index (χ0) is 12.6. The van der Waals surface area contributed by atoms with Crippen LogP contribution < -0.4 is 0 Å². The molecule has 0 aliphatic rings. The molecular formula is C14H32FN. The van der Waals surface area contributed by atoms with E-state index in [0.29, 0.717) is 13.1 Å². The molecule has 100 valence electrons. The molecule has 0 heterocycles. The fraction of sp³-hybridized carbons (Fsp3) is 1.00. The maximum Gasteiger partial charge on any atom is 0.0290 e. The molecule has 0 aromatic carbocycles. The lowest BCUT2D eigenvalue weighted by atomic mass is 10.1. The summed E-state index contributed by atoms with van der Waals surface area (Å²) in [7, 11) is 0. The van der Waals surface area contributed by atoms with Crippen molar-refractivity contribution in [3.8, 4) is 0 Å². The Hall–Kier alpha value is -0.110. The van der Waals surface area contributed by atoms with Crippen LogP contribution in [0.2, 0.25) is 0 Å². The molecule has 0 aromatic rings. The van der Waals surface area contributed by atoms with Gasteiger partial charge in [-0.3, -0.25) is 0 Å². The van der Waals surface area contributed by atoms with E-state index in [9.17, 15) is 4.48 Å². The summed E-state index contributed by atoms with van der Waals surface area (Å²) in [4.78, 5) is 0. The highest BCUT2D eigenvalue weighted by atomic mass is 19.2. The van der Waals surface area contributed by atoms with E-state index in [1.807, 2.05) is 20.8 Å². The lowest BCUT2D eigenvalue weighted by Crippen LogP contribution is -2.13. The second kappa shape index (κ2) is 17.3. The Morgan fingerprint density at radius 3 is 1.62 bits per heavy atom. The number of halogens is 1. The van der Waals surface area contributed by atoms with Crippen LogP contribution in [0.1, 0.15) is 79.1 Å². The van der Waals surface area contributed by atoms with Crippen LogP contribution in [-0.2, 0) is 0 Å². The average Bonchev–Trinajstić information content (AvgIpc) is 2.34. The normalized spacial score (nSPS) is 10.1. The topological polar surface area (TPSA) is 3.24 Å². The van der Waals surface area contributed by atoms with Gasteiger partial charge in [-0.05, 0) is 13.3 Å². The molecule has 0 spiro atoms. The molecule has 0 saturated carbocycles. The third-order valence-corrected chi connectivity index (χ3v) is 2.60. The molecule has 0 rings (SSSR count). The molecule has 16 heavy (non-hydrogen) atoms. The smallest absolute Gasteiger partial charge is 0.0290 e. The zero-order valence-corrected chi connectivity index (χ0v) is 11.9. The van der Waals surface area contributed by atoms with E-state index >= 15 is 0 Å².